The molecule has 0 amide bonds. The Balaban J connectivity index is 1.61. The van der Waals surface area contributed by atoms with Crippen LogP contribution in [0.4, 0.5) is 10.8 Å². The van der Waals surface area contributed by atoms with Crippen molar-refractivity contribution < 1.29 is 0 Å². The van der Waals surface area contributed by atoms with E-state index in [1.807, 2.05) is 11.3 Å². The molecule has 0 spiro atoms. The van der Waals surface area contributed by atoms with Gasteiger partial charge < -0.3 is 10.2 Å². The summed E-state index contributed by atoms with van der Waals surface area (Å²) < 4.78 is 1.35. The quantitative estimate of drug-likeness (QED) is 0.835. The van der Waals surface area contributed by atoms with Crippen LogP contribution in [0, 0.1) is 0 Å². The lowest BCUT2D eigenvalue weighted by Crippen LogP contribution is -2.29. The minimum absolute atomic E-state index is 0.635. The van der Waals surface area contributed by atoms with Gasteiger partial charge in [0.05, 0.1) is 10.2 Å². The van der Waals surface area contributed by atoms with Crippen LogP contribution < -0.4 is 10.2 Å². The number of aromatic nitrogens is 1. The number of aryl methyl sites for hydroxylation is 1. The molecule has 0 saturated heterocycles. The van der Waals surface area contributed by atoms with E-state index in [0.717, 1.165) is 11.7 Å². The Morgan fingerprint density at radius 2 is 2.09 bits per heavy atom. The van der Waals surface area contributed by atoms with E-state index in [2.05, 4.69) is 29.3 Å². The highest BCUT2D eigenvalue weighted by atomic mass is 32.1. The minimum Gasteiger partial charge on any atom is -0.371 e. The molecule has 0 radical (unpaired) electrons. The number of hydrogen-bond donors (Lipinski definition) is 1. The van der Waals surface area contributed by atoms with Gasteiger partial charge in [0.1, 0.15) is 0 Å². The van der Waals surface area contributed by atoms with Crippen molar-refractivity contribution in [3.63, 3.8) is 0 Å². The average Bonchev–Trinajstić information content (AvgIpc) is 2.95. The van der Waals surface area contributed by atoms with Gasteiger partial charge >= 0.3 is 0 Å². The average molecular weight is 330 g/mol. The van der Waals surface area contributed by atoms with E-state index in [1.165, 1.54) is 79.4 Å². The van der Waals surface area contributed by atoms with Crippen LogP contribution in [0.2, 0.25) is 0 Å². The number of fused-ring (bicyclic) bond motifs is 2. The van der Waals surface area contributed by atoms with Gasteiger partial charge in [-0.3, -0.25) is 0 Å². The molecule has 2 aliphatic rings. The Morgan fingerprint density at radius 3 is 2.91 bits per heavy atom. The smallest absolute Gasteiger partial charge is 0.184 e. The Bertz CT molecular complexity index is 673. The molecule has 124 valence electrons. The second-order valence-corrected chi connectivity index (χ2v) is 8.07. The summed E-state index contributed by atoms with van der Waals surface area (Å²) in [4.78, 5) is 7.44. The van der Waals surface area contributed by atoms with Crippen LogP contribution >= 0.6 is 11.3 Å². The van der Waals surface area contributed by atoms with Gasteiger partial charge in [-0.15, -0.1) is 0 Å². The summed E-state index contributed by atoms with van der Waals surface area (Å²) in [6.45, 7) is 4.63. The normalized spacial score (nSPS) is 19.1. The maximum atomic E-state index is 4.89. The van der Waals surface area contributed by atoms with Gasteiger partial charge in [-0.05, 0) is 49.8 Å². The molecule has 4 rings (SSSR count). The first-order chi connectivity index (χ1) is 11.3. The third-order valence-corrected chi connectivity index (χ3v) is 6.18. The summed E-state index contributed by atoms with van der Waals surface area (Å²) in [7, 11) is 0. The fraction of sp³-hybridized carbons (Fsp3) is 0.632. The molecule has 1 saturated carbocycles. The third-order valence-electron chi connectivity index (χ3n) is 5.23. The first-order valence-electron chi connectivity index (χ1n) is 9.28. The number of nitrogens with zero attached hydrogens (tertiary/aromatic N) is 2. The van der Waals surface area contributed by atoms with E-state index in [0.29, 0.717) is 6.04 Å². The predicted molar refractivity (Wildman–Crippen MR) is 101 cm³/mol. The highest BCUT2D eigenvalue weighted by molar-refractivity contribution is 7.22. The van der Waals surface area contributed by atoms with Crippen LogP contribution in [0.3, 0.4) is 0 Å². The topological polar surface area (TPSA) is 28.2 Å². The largest absolute Gasteiger partial charge is 0.371 e. The fourth-order valence-corrected chi connectivity index (χ4v) is 5.05. The number of rotatable bonds is 4. The zero-order chi connectivity index (χ0) is 15.6. The Kier molecular flexibility index (Phi) is 4.43. The van der Waals surface area contributed by atoms with Crippen LogP contribution in [-0.4, -0.2) is 24.1 Å². The van der Waals surface area contributed by atoms with Crippen LogP contribution in [0.1, 0.15) is 57.4 Å². The van der Waals surface area contributed by atoms with Crippen molar-refractivity contribution in [2.75, 3.05) is 23.3 Å². The Hall–Kier alpha value is -1.29. The number of benzene rings is 1. The number of thiazole rings is 1. The van der Waals surface area contributed by atoms with Gasteiger partial charge in [-0.25, -0.2) is 4.98 Å². The van der Waals surface area contributed by atoms with Gasteiger partial charge in [-0.1, -0.05) is 37.5 Å². The van der Waals surface area contributed by atoms with Crippen LogP contribution in [0.15, 0.2) is 12.1 Å². The van der Waals surface area contributed by atoms with Gasteiger partial charge in [0, 0.05) is 24.8 Å². The lowest BCUT2D eigenvalue weighted by molar-refractivity contribution is 0.462. The molecular formula is C19H27N3S. The van der Waals surface area contributed by atoms with E-state index in [1.54, 1.807) is 0 Å². The molecule has 2 heterocycles. The molecule has 1 fully saturated rings. The van der Waals surface area contributed by atoms with Crippen LogP contribution in [-0.2, 0) is 6.42 Å². The zero-order valence-electron chi connectivity index (χ0n) is 14.1. The van der Waals surface area contributed by atoms with Crippen molar-refractivity contribution in [2.24, 2.45) is 0 Å². The van der Waals surface area contributed by atoms with E-state index in [9.17, 15) is 0 Å². The van der Waals surface area contributed by atoms with Crippen LogP contribution in [0.5, 0.6) is 0 Å². The summed E-state index contributed by atoms with van der Waals surface area (Å²) in [5.41, 5.74) is 4.13. The Labute approximate surface area is 143 Å². The van der Waals surface area contributed by atoms with Crippen molar-refractivity contribution in [1.29, 1.82) is 0 Å². The second-order valence-electron chi connectivity index (χ2n) is 7.04. The maximum Gasteiger partial charge on any atom is 0.184 e. The minimum atomic E-state index is 0.635. The first kappa shape index (κ1) is 15.3. The highest BCUT2D eigenvalue weighted by Gasteiger charge is 2.19. The number of nitrogens with one attached hydrogen (secondary N) is 1. The molecule has 3 nitrogen and oxygen atoms in total. The number of anilines is 2. The molecule has 1 aliphatic carbocycles. The third kappa shape index (κ3) is 3.18. The lowest BCUT2D eigenvalue weighted by atomic mass is 9.96. The van der Waals surface area contributed by atoms with Gasteiger partial charge in [0.25, 0.3) is 0 Å². The molecule has 1 aromatic carbocycles. The van der Waals surface area contributed by atoms with Crippen molar-refractivity contribution in [3.8, 4) is 0 Å². The second kappa shape index (κ2) is 6.68. The van der Waals surface area contributed by atoms with Crippen molar-refractivity contribution in [1.82, 2.24) is 4.98 Å². The van der Waals surface area contributed by atoms with Gasteiger partial charge in [-0.2, -0.15) is 0 Å². The lowest BCUT2D eigenvalue weighted by Gasteiger charge is -2.31. The molecule has 1 aliphatic heterocycles. The monoisotopic (exact) mass is 329 g/mol. The fourth-order valence-electron chi connectivity index (χ4n) is 4.07. The van der Waals surface area contributed by atoms with Crippen molar-refractivity contribution >= 4 is 32.4 Å². The molecule has 0 unspecified atom stereocenters. The molecule has 0 atom stereocenters. The van der Waals surface area contributed by atoms with Crippen LogP contribution in [0.25, 0.3) is 10.2 Å². The molecule has 2 aromatic rings. The predicted octanol–water partition coefficient (Wildman–Crippen LogP) is 5.20. The molecule has 0 bridgehead atoms. The maximum absolute atomic E-state index is 4.89. The summed E-state index contributed by atoms with van der Waals surface area (Å²) in [5.74, 6) is 0. The summed E-state index contributed by atoms with van der Waals surface area (Å²) >= 11 is 1.84. The highest BCUT2D eigenvalue weighted by Crippen LogP contribution is 2.36. The van der Waals surface area contributed by atoms with E-state index < -0.39 is 0 Å². The molecule has 1 N–H and O–H groups in total. The molecule has 1 aromatic heterocycles. The van der Waals surface area contributed by atoms with E-state index >= 15 is 0 Å². The van der Waals surface area contributed by atoms with Crippen molar-refractivity contribution in [2.45, 2.75) is 64.3 Å². The summed E-state index contributed by atoms with van der Waals surface area (Å²) in [5, 5.41) is 4.81. The van der Waals surface area contributed by atoms with Gasteiger partial charge in [0.15, 0.2) is 5.13 Å². The first-order valence-corrected chi connectivity index (χ1v) is 10.1. The SMILES string of the molecule is CCCN1CCCc2cc3sc(NC4CCCCC4)nc3cc21. The molecule has 4 heteroatoms. The summed E-state index contributed by atoms with van der Waals surface area (Å²) in [6.07, 6.45) is 10.4. The Morgan fingerprint density at radius 1 is 1.22 bits per heavy atom. The number of hydrogen-bond acceptors (Lipinski definition) is 4. The zero-order valence-corrected chi connectivity index (χ0v) is 14.9. The van der Waals surface area contributed by atoms with E-state index in [-0.39, 0.29) is 0 Å². The van der Waals surface area contributed by atoms with Crippen molar-refractivity contribution in [3.05, 3.63) is 17.7 Å². The molecular weight excluding hydrogens is 302 g/mol. The summed E-state index contributed by atoms with van der Waals surface area (Å²) in [6, 6.07) is 5.37. The van der Waals surface area contributed by atoms with Gasteiger partial charge in [0.2, 0.25) is 0 Å². The standard InChI is InChI=1S/C19H27N3S/c1-2-10-22-11-6-7-14-12-18-16(13-17(14)22)21-19(23-18)20-15-8-4-3-5-9-15/h12-13,15H,2-11H2,1H3,(H,20,21). The van der Waals surface area contributed by atoms with E-state index in [4.69, 9.17) is 4.98 Å². The molecule has 23 heavy (non-hydrogen) atoms.